The van der Waals surface area contributed by atoms with Crippen LogP contribution in [0.1, 0.15) is 6.42 Å². The van der Waals surface area contributed by atoms with Crippen molar-refractivity contribution in [2.45, 2.75) is 15.7 Å². The molecule has 1 N–H and O–H groups in total. The molecule has 0 aliphatic rings. The molecule has 2 rings (SSSR count). The maximum atomic E-state index is 11.9. The van der Waals surface area contributed by atoms with Gasteiger partial charge in [0, 0.05) is 27.8 Å². The molecule has 1 heterocycles. The molecule has 0 aliphatic heterocycles. The number of rotatable bonds is 8. The quantitative estimate of drug-likeness (QED) is 0.418. The van der Waals surface area contributed by atoms with Crippen LogP contribution < -0.4 is 5.32 Å². The van der Waals surface area contributed by atoms with Crippen LogP contribution in [0.2, 0.25) is 5.02 Å². The number of amides is 1. The number of nitrogens with one attached hydrogen (secondary N) is 1. The second kappa shape index (κ2) is 9.19. The van der Waals surface area contributed by atoms with Gasteiger partial charge < -0.3 is 5.32 Å². The average Bonchev–Trinajstić information content (AvgIpc) is 2.94. The third-order valence-electron chi connectivity index (χ3n) is 2.39. The maximum Gasteiger partial charge on any atom is 0.227 e. The number of carbonyl (C=O) groups excluding carboxylic acids is 1. The van der Waals surface area contributed by atoms with Crippen molar-refractivity contribution in [1.29, 1.82) is 0 Å². The number of hydrogen-bond donors (Lipinski definition) is 1. The van der Waals surface area contributed by atoms with Crippen molar-refractivity contribution in [3.8, 4) is 0 Å². The summed E-state index contributed by atoms with van der Waals surface area (Å²) in [7, 11) is 0. The van der Waals surface area contributed by atoms with Crippen LogP contribution in [0.5, 0.6) is 0 Å². The van der Waals surface area contributed by atoms with Gasteiger partial charge in [-0.3, -0.25) is 4.79 Å². The fraction of sp³-hybridized carbons (Fsp3) is 0.214. The van der Waals surface area contributed by atoms with E-state index in [-0.39, 0.29) is 5.91 Å². The summed E-state index contributed by atoms with van der Waals surface area (Å²) in [5.41, 5.74) is 0. The molecule has 1 aromatic heterocycles. The Morgan fingerprint density at radius 3 is 2.82 bits per heavy atom. The molecule has 0 fully saturated rings. The van der Waals surface area contributed by atoms with Gasteiger partial charge in [0.2, 0.25) is 11.0 Å². The van der Waals surface area contributed by atoms with Gasteiger partial charge in [0.1, 0.15) is 0 Å². The summed E-state index contributed by atoms with van der Waals surface area (Å²) < 4.78 is 0.825. The minimum absolute atomic E-state index is 0.0575. The molecule has 8 heteroatoms. The molecule has 0 aliphatic carbocycles. The van der Waals surface area contributed by atoms with Crippen LogP contribution in [0.4, 0.5) is 5.13 Å². The van der Waals surface area contributed by atoms with E-state index in [1.165, 1.54) is 11.3 Å². The van der Waals surface area contributed by atoms with Gasteiger partial charge in [-0.2, -0.15) is 0 Å². The number of thioether (sulfide) groups is 2. The molecule has 0 saturated carbocycles. The monoisotopic (exact) mass is 371 g/mol. The maximum absolute atomic E-state index is 11.9. The van der Waals surface area contributed by atoms with Gasteiger partial charge in [0.25, 0.3) is 0 Å². The third-order valence-corrected chi connectivity index (χ3v) is 5.62. The smallest absolute Gasteiger partial charge is 0.227 e. The van der Waals surface area contributed by atoms with E-state index in [9.17, 15) is 4.79 Å². The van der Waals surface area contributed by atoms with Gasteiger partial charge in [0.15, 0.2) is 4.34 Å². The molecule has 0 bridgehead atoms. The van der Waals surface area contributed by atoms with E-state index in [0.29, 0.717) is 22.3 Å². The highest BCUT2D eigenvalue weighted by Gasteiger charge is 2.08. The van der Waals surface area contributed by atoms with E-state index in [2.05, 4.69) is 22.1 Å². The molecule has 1 amide bonds. The molecule has 2 aromatic rings. The fourth-order valence-corrected chi connectivity index (χ4v) is 3.93. The van der Waals surface area contributed by atoms with Gasteiger partial charge in [-0.25, -0.2) is 0 Å². The Bertz CT molecular complexity index is 631. The predicted octanol–water partition coefficient (Wildman–Crippen LogP) is 4.59. The van der Waals surface area contributed by atoms with E-state index >= 15 is 0 Å². The first-order valence-electron chi connectivity index (χ1n) is 6.43. The lowest BCUT2D eigenvalue weighted by molar-refractivity contribution is -0.115. The molecule has 1 aromatic carbocycles. The van der Waals surface area contributed by atoms with E-state index in [1.807, 2.05) is 24.3 Å². The highest BCUT2D eigenvalue weighted by atomic mass is 35.5. The van der Waals surface area contributed by atoms with E-state index in [1.54, 1.807) is 29.6 Å². The number of hydrogen-bond acceptors (Lipinski definition) is 6. The summed E-state index contributed by atoms with van der Waals surface area (Å²) in [6.45, 7) is 3.65. The van der Waals surface area contributed by atoms with E-state index < -0.39 is 0 Å². The van der Waals surface area contributed by atoms with Gasteiger partial charge >= 0.3 is 0 Å². The van der Waals surface area contributed by atoms with Crippen molar-refractivity contribution in [2.24, 2.45) is 0 Å². The van der Waals surface area contributed by atoms with Crippen LogP contribution in [-0.4, -0.2) is 27.6 Å². The average molecular weight is 372 g/mol. The number of aromatic nitrogens is 2. The Morgan fingerprint density at radius 2 is 2.09 bits per heavy atom. The van der Waals surface area contributed by atoms with E-state index in [0.717, 1.165) is 15.0 Å². The molecular weight excluding hydrogens is 358 g/mol. The third kappa shape index (κ3) is 6.00. The number of anilines is 1. The van der Waals surface area contributed by atoms with Crippen LogP contribution in [0.3, 0.4) is 0 Å². The first kappa shape index (κ1) is 17.3. The summed E-state index contributed by atoms with van der Waals surface area (Å²) in [6, 6.07) is 7.57. The van der Waals surface area contributed by atoms with Crippen molar-refractivity contribution < 1.29 is 4.79 Å². The number of carbonyl (C=O) groups is 1. The molecule has 0 spiro atoms. The Labute approximate surface area is 146 Å². The Balaban J connectivity index is 1.72. The molecule has 0 unspecified atom stereocenters. The van der Waals surface area contributed by atoms with Crippen molar-refractivity contribution in [3.63, 3.8) is 0 Å². The highest BCUT2D eigenvalue weighted by Crippen LogP contribution is 2.26. The normalized spacial score (nSPS) is 10.4. The van der Waals surface area contributed by atoms with Gasteiger partial charge in [-0.1, -0.05) is 40.8 Å². The molecule has 0 atom stereocenters. The van der Waals surface area contributed by atoms with Gasteiger partial charge in [-0.05, 0) is 24.3 Å². The summed E-state index contributed by atoms with van der Waals surface area (Å²) in [6.07, 6.45) is 2.22. The zero-order chi connectivity index (χ0) is 15.8. The SMILES string of the molecule is C=CCSc1nnc(NC(=O)CCSc2ccc(Cl)cc2)s1. The summed E-state index contributed by atoms with van der Waals surface area (Å²) in [5, 5.41) is 12.0. The summed E-state index contributed by atoms with van der Waals surface area (Å²) >= 11 is 10.4. The summed E-state index contributed by atoms with van der Waals surface area (Å²) in [4.78, 5) is 12.9. The van der Waals surface area contributed by atoms with Crippen molar-refractivity contribution >= 4 is 57.5 Å². The van der Waals surface area contributed by atoms with Crippen molar-refractivity contribution in [1.82, 2.24) is 10.2 Å². The lowest BCUT2D eigenvalue weighted by Gasteiger charge is -2.02. The second-order valence-electron chi connectivity index (χ2n) is 4.07. The minimum Gasteiger partial charge on any atom is -0.300 e. The van der Waals surface area contributed by atoms with Gasteiger partial charge in [0.05, 0.1) is 0 Å². The standard InChI is InChI=1S/C14H14ClN3OS3/c1-2-8-21-14-18-17-13(22-14)16-12(19)7-9-20-11-5-3-10(15)4-6-11/h2-6H,1,7-9H2,(H,16,17,19). The number of benzene rings is 1. The number of nitrogens with zero attached hydrogens (tertiary/aromatic N) is 2. The Kier molecular flexibility index (Phi) is 7.24. The molecule has 22 heavy (non-hydrogen) atoms. The molecule has 4 nitrogen and oxygen atoms in total. The van der Waals surface area contributed by atoms with Gasteiger partial charge in [-0.15, -0.1) is 28.5 Å². The topological polar surface area (TPSA) is 54.9 Å². The van der Waals surface area contributed by atoms with Crippen LogP contribution in [-0.2, 0) is 4.79 Å². The first-order valence-corrected chi connectivity index (χ1v) is 9.59. The summed E-state index contributed by atoms with van der Waals surface area (Å²) in [5.74, 6) is 1.42. The molecule has 0 radical (unpaired) electrons. The molecule has 0 saturated heterocycles. The minimum atomic E-state index is -0.0575. The lowest BCUT2D eigenvalue weighted by Crippen LogP contribution is -2.11. The van der Waals surface area contributed by atoms with Crippen LogP contribution >= 0.6 is 46.5 Å². The zero-order valence-corrected chi connectivity index (χ0v) is 14.8. The van der Waals surface area contributed by atoms with Crippen molar-refractivity contribution in [3.05, 3.63) is 41.9 Å². The Hall–Kier alpha value is -1.02. The largest absolute Gasteiger partial charge is 0.300 e. The van der Waals surface area contributed by atoms with Crippen LogP contribution in [0.15, 0.2) is 46.2 Å². The highest BCUT2D eigenvalue weighted by molar-refractivity contribution is 8.01. The van der Waals surface area contributed by atoms with Crippen LogP contribution in [0, 0.1) is 0 Å². The predicted molar refractivity (Wildman–Crippen MR) is 96.3 cm³/mol. The second-order valence-corrected chi connectivity index (χ2v) is 7.92. The number of halogens is 1. The first-order chi connectivity index (χ1) is 10.7. The zero-order valence-electron chi connectivity index (χ0n) is 11.6. The molecule has 116 valence electrons. The molecular formula is C14H14ClN3OS3. The fourth-order valence-electron chi connectivity index (χ4n) is 1.42. The Morgan fingerprint density at radius 1 is 1.32 bits per heavy atom. The van der Waals surface area contributed by atoms with E-state index in [4.69, 9.17) is 11.6 Å². The van der Waals surface area contributed by atoms with Crippen molar-refractivity contribution in [2.75, 3.05) is 16.8 Å². The van der Waals surface area contributed by atoms with Crippen LogP contribution in [0.25, 0.3) is 0 Å². The lowest BCUT2D eigenvalue weighted by atomic mass is 10.4.